The first-order chi connectivity index (χ1) is 13.1. The number of aryl methyl sites for hydroxylation is 1. The highest BCUT2D eigenvalue weighted by atomic mass is 19.1. The molecule has 0 bridgehead atoms. The van der Waals surface area contributed by atoms with Crippen LogP contribution in [0.15, 0.2) is 37.3 Å². The molecule has 0 aliphatic carbocycles. The van der Waals surface area contributed by atoms with Crippen LogP contribution in [0.3, 0.4) is 0 Å². The third kappa shape index (κ3) is 3.61. The van der Waals surface area contributed by atoms with Crippen LogP contribution in [-0.2, 0) is 7.05 Å². The number of aromatic nitrogens is 8. The first-order valence-electron chi connectivity index (χ1n) is 8.06. The van der Waals surface area contributed by atoms with Crippen molar-refractivity contribution in [1.82, 2.24) is 39.5 Å². The lowest BCUT2D eigenvalue weighted by molar-refractivity contribution is 0.604. The van der Waals surface area contributed by atoms with Crippen molar-refractivity contribution in [3.05, 3.63) is 49.0 Å². The summed E-state index contributed by atoms with van der Waals surface area (Å²) in [6.07, 6.45) is 8.83. The van der Waals surface area contributed by atoms with Crippen LogP contribution in [0.2, 0.25) is 0 Å². The van der Waals surface area contributed by atoms with Gasteiger partial charge in [-0.3, -0.25) is 0 Å². The molecule has 136 valence electrons. The van der Waals surface area contributed by atoms with Gasteiger partial charge in [0.2, 0.25) is 5.95 Å². The van der Waals surface area contributed by atoms with Crippen LogP contribution in [0.5, 0.6) is 0 Å². The molecule has 0 aliphatic heterocycles. The predicted molar refractivity (Wildman–Crippen MR) is 95.6 cm³/mol. The van der Waals surface area contributed by atoms with Gasteiger partial charge in [-0.25, -0.2) is 29.3 Å². The Balaban J connectivity index is 1.67. The Hall–Kier alpha value is -3.76. The second-order valence-electron chi connectivity index (χ2n) is 5.80. The summed E-state index contributed by atoms with van der Waals surface area (Å²) >= 11 is 0. The molecule has 27 heavy (non-hydrogen) atoms. The average Bonchev–Trinajstić information content (AvgIpc) is 3.07. The monoisotopic (exact) mass is 366 g/mol. The number of imidazole rings is 1. The molecule has 4 aromatic rings. The quantitative estimate of drug-likeness (QED) is 0.546. The van der Waals surface area contributed by atoms with Crippen LogP contribution in [0.25, 0.3) is 11.2 Å². The van der Waals surface area contributed by atoms with Gasteiger partial charge in [-0.2, -0.15) is 9.97 Å². The van der Waals surface area contributed by atoms with E-state index in [1.54, 1.807) is 18.7 Å². The average molecular weight is 366 g/mol. The van der Waals surface area contributed by atoms with Gasteiger partial charge in [-0.1, -0.05) is 0 Å². The highest BCUT2D eigenvalue weighted by molar-refractivity contribution is 5.85. The molecule has 4 aromatic heterocycles. The van der Waals surface area contributed by atoms with E-state index in [2.05, 4.69) is 45.5 Å². The van der Waals surface area contributed by atoms with E-state index < -0.39 is 5.82 Å². The van der Waals surface area contributed by atoms with E-state index in [1.165, 1.54) is 0 Å². The van der Waals surface area contributed by atoms with Crippen molar-refractivity contribution in [3.63, 3.8) is 0 Å². The Kier molecular flexibility index (Phi) is 4.24. The van der Waals surface area contributed by atoms with Gasteiger partial charge in [-0.15, -0.1) is 0 Å². The molecule has 2 N–H and O–H groups in total. The SMILES string of the molecule is C[C@@H](Nc1nc(Nc2cn(C)cn2)c2nccnc2n1)c1ncc(F)cn1. The maximum atomic E-state index is 13.0. The van der Waals surface area contributed by atoms with Crippen LogP contribution in [0.1, 0.15) is 18.8 Å². The molecule has 0 saturated heterocycles. The minimum atomic E-state index is -0.495. The van der Waals surface area contributed by atoms with Crippen molar-refractivity contribution in [1.29, 1.82) is 0 Å². The van der Waals surface area contributed by atoms with Crippen molar-refractivity contribution in [3.8, 4) is 0 Å². The lowest BCUT2D eigenvalue weighted by atomic mass is 10.3. The molecular weight excluding hydrogens is 351 g/mol. The number of fused-ring (bicyclic) bond motifs is 1. The molecular formula is C16H15FN10. The molecule has 1 atom stereocenters. The van der Waals surface area contributed by atoms with Gasteiger partial charge in [0, 0.05) is 25.6 Å². The van der Waals surface area contributed by atoms with Gasteiger partial charge in [0.05, 0.1) is 24.8 Å². The molecule has 0 radical (unpaired) electrons. The summed E-state index contributed by atoms with van der Waals surface area (Å²) in [6, 6.07) is -0.345. The Morgan fingerprint density at radius 1 is 1.04 bits per heavy atom. The number of anilines is 3. The second kappa shape index (κ2) is 6.86. The number of halogens is 1. The van der Waals surface area contributed by atoms with Crippen LogP contribution in [0, 0.1) is 5.82 Å². The summed E-state index contributed by atoms with van der Waals surface area (Å²) in [5.41, 5.74) is 0.931. The smallest absolute Gasteiger partial charge is 0.227 e. The van der Waals surface area contributed by atoms with Crippen LogP contribution >= 0.6 is 0 Å². The zero-order valence-corrected chi connectivity index (χ0v) is 14.5. The molecule has 0 amide bonds. The fourth-order valence-corrected chi connectivity index (χ4v) is 2.42. The molecule has 4 rings (SSSR count). The fourth-order valence-electron chi connectivity index (χ4n) is 2.42. The molecule has 0 aliphatic rings. The van der Waals surface area contributed by atoms with E-state index in [0.29, 0.717) is 34.6 Å². The summed E-state index contributed by atoms with van der Waals surface area (Å²) < 4.78 is 14.8. The van der Waals surface area contributed by atoms with E-state index in [4.69, 9.17) is 0 Å². The maximum Gasteiger partial charge on any atom is 0.227 e. The van der Waals surface area contributed by atoms with Crippen LogP contribution < -0.4 is 10.6 Å². The maximum absolute atomic E-state index is 13.0. The predicted octanol–water partition coefficient (Wildman–Crippen LogP) is 2.00. The minimum absolute atomic E-state index is 0.307. The fraction of sp³-hybridized carbons (Fsp3) is 0.188. The zero-order chi connectivity index (χ0) is 18.8. The van der Waals surface area contributed by atoms with Gasteiger partial charge >= 0.3 is 0 Å². The Morgan fingerprint density at radius 3 is 2.56 bits per heavy atom. The Morgan fingerprint density at radius 2 is 1.81 bits per heavy atom. The van der Waals surface area contributed by atoms with Crippen LogP contribution in [-0.4, -0.2) is 39.5 Å². The molecule has 4 heterocycles. The number of nitrogens with one attached hydrogen (secondary N) is 2. The summed E-state index contributed by atoms with van der Waals surface area (Å²) in [5.74, 6) is 1.30. The largest absolute Gasteiger partial charge is 0.344 e. The third-order valence-corrected chi connectivity index (χ3v) is 3.66. The standard InChI is InChI=1S/C16H15FN10/c1-9(13-20-5-10(17)6-21-13)23-16-25-14-12(18-3-4-19-14)15(26-16)24-11-7-27(2)8-22-11/h3-9H,1-2H3,(H2,19,23,24,25,26)/t9-/m1/s1. The molecule has 0 unspecified atom stereocenters. The number of hydrogen-bond donors (Lipinski definition) is 2. The third-order valence-electron chi connectivity index (χ3n) is 3.66. The van der Waals surface area contributed by atoms with E-state index in [9.17, 15) is 4.39 Å². The van der Waals surface area contributed by atoms with E-state index in [1.807, 2.05) is 24.7 Å². The first-order valence-corrected chi connectivity index (χ1v) is 8.06. The molecule has 0 saturated carbocycles. The van der Waals surface area contributed by atoms with Crippen molar-refractivity contribution >= 4 is 28.7 Å². The topological polar surface area (TPSA) is 119 Å². The normalized spacial score (nSPS) is 12.1. The van der Waals surface area contributed by atoms with E-state index >= 15 is 0 Å². The van der Waals surface area contributed by atoms with Gasteiger partial charge in [0.25, 0.3) is 0 Å². The Labute approximate surface area is 153 Å². The van der Waals surface area contributed by atoms with Gasteiger partial charge in [-0.05, 0) is 6.92 Å². The minimum Gasteiger partial charge on any atom is -0.344 e. The summed E-state index contributed by atoms with van der Waals surface area (Å²) in [4.78, 5) is 29.6. The summed E-state index contributed by atoms with van der Waals surface area (Å²) in [7, 11) is 1.87. The van der Waals surface area contributed by atoms with Gasteiger partial charge in [0.15, 0.2) is 22.8 Å². The second-order valence-corrected chi connectivity index (χ2v) is 5.80. The summed E-state index contributed by atoms with van der Waals surface area (Å²) in [6.45, 7) is 1.82. The van der Waals surface area contributed by atoms with Crippen molar-refractivity contribution in [2.24, 2.45) is 7.05 Å². The van der Waals surface area contributed by atoms with Crippen LogP contribution in [0.4, 0.5) is 22.0 Å². The Bertz CT molecular complexity index is 1080. The molecule has 0 fully saturated rings. The summed E-state index contributed by atoms with van der Waals surface area (Å²) in [5, 5.41) is 6.22. The van der Waals surface area contributed by atoms with Gasteiger partial charge < -0.3 is 15.2 Å². The highest BCUT2D eigenvalue weighted by Crippen LogP contribution is 2.23. The number of rotatable bonds is 5. The highest BCUT2D eigenvalue weighted by Gasteiger charge is 2.15. The number of hydrogen-bond acceptors (Lipinski definition) is 9. The van der Waals surface area contributed by atoms with E-state index in [0.717, 1.165) is 12.4 Å². The lowest BCUT2D eigenvalue weighted by Gasteiger charge is -2.14. The van der Waals surface area contributed by atoms with Crippen molar-refractivity contribution in [2.45, 2.75) is 13.0 Å². The molecule has 11 heteroatoms. The lowest BCUT2D eigenvalue weighted by Crippen LogP contribution is -2.14. The first kappa shape index (κ1) is 16.7. The van der Waals surface area contributed by atoms with Gasteiger partial charge in [0.1, 0.15) is 11.6 Å². The number of nitrogens with zero attached hydrogens (tertiary/aromatic N) is 8. The molecule has 0 spiro atoms. The van der Waals surface area contributed by atoms with Crippen molar-refractivity contribution < 1.29 is 4.39 Å². The van der Waals surface area contributed by atoms with Crippen molar-refractivity contribution in [2.75, 3.05) is 10.6 Å². The zero-order valence-electron chi connectivity index (χ0n) is 14.5. The van der Waals surface area contributed by atoms with E-state index in [-0.39, 0.29) is 6.04 Å². The molecule has 0 aromatic carbocycles. The molecule has 10 nitrogen and oxygen atoms in total.